The van der Waals surface area contributed by atoms with Gasteiger partial charge in [-0.05, 0) is 34.2 Å². The summed E-state index contributed by atoms with van der Waals surface area (Å²) in [6.45, 7) is 0. The van der Waals surface area contributed by atoms with Crippen LogP contribution in [0.15, 0.2) is 15.8 Å². The van der Waals surface area contributed by atoms with Crippen molar-refractivity contribution in [3.63, 3.8) is 0 Å². The molecular weight excluding hydrogens is 318 g/mol. The quantitative estimate of drug-likeness (QED) is 0.386. The Hall–Kier alpha value is -0.820. The molecule has 1 aromatic heterocycles. The average molecular weight is 332 g/mol. The third-order valence-electron chi connectivity index (χ3n) is 2.91. The Morgan fingerprint density at radius 2 is 2.33 bits per heavy atom. The van der Waals surface area contributed by atoms with Gasteiger partial charge in [0.25, 0.3) is 0 Å². The van der Waals surface area contributed by atoms with Crippen LogP contribution in [0.25, 0.3) is 0 Å². The highest BCUT2D eigenvalue weighted by molar-refractivity contribution is 9.10. The van der Waals surface area contributed by atoms with Gasteiger partial charge < -0.3 is 10.5 Å². The molecule has 0 bridgehead atoms. The van der Waals surface area contributed by atoms with Gasteiger partial charge in [0.15, 0.2) is 5.16 Å². The minimum atomic E-state index is -0.150. The third-order valence-corrected chi connectivity index (χ3v) is 4.51. The van der Waals surface area contributed by atoms with E-state index in [-0.39, 0.29) is 11.4 Å². The van der Waals surface area contributed by atoms with Crippen molar-refractivity contribution >= 4 is 39.5 Å². The van der Waals surface area contributed by atoms with E-state index in [2.05, 4.69) is 25.9 Å². The maximum atomic E-state index is 11.3. The molecule has 1 aliphatic rings. The zero-order valence-electron chi connectivity index (χ0n) is 9.98. The van der Waals surface area contributed by atoms with Crippen LogP contribution < -0.4 is 5.73 Å². The van der Waals surface area contributed by atoms with Gasteiger partial charge in [0, 0.05) is 11.8 Å². The minimum Gasteiger partial charge on any atom is -0.469 e. The molecule has 1 saturated carbocycles. The standard InChI is InChI=1S/C11H14BrN3O2S/c1-17-9(16)5-11(2-3-11)6-18-10-14-7(12)4-8(13)15-10/h4H,2-3,5-6H2,1H3,(H2,13,14,15). The molecule has 18 heavy (non-hydrogen) atoms. The van der Waals surface area contributed by atoms with Gasteiger partial charge in [0.1, 0.15) is 10.4 Å². The largest absolute Gasteiger partial charge is 0.469 e. The van der Waals surface area contributed by atoms with E-state index in [4.69, 9.17) is 10.5 Å². The molecule has 7 heteroatoms. The SMILES string of the molecule is COC(=O)CC1(CSc2nc(N)cc(Br)n2)CC1. The molecule has 5 nitrogen and oxygen atoms in total. The number of aromatic nitrogens is 2. The number of hydrogen-bond acceptors (Lipinski definition) is 6. The lowest BCUT2D eigenvalue weighted by atomic mass is 10.1. The Kier molecular flexibility index (Phi) is 4.11. The molecular formula is C11H14BrN3O2S. The van der Waals surface area contributed by atoms with Gasteiger partial charge in [-0.1, -0.05) is 11.8 Å². The Bertz CT molecular complexity index is 445. The number of methoxy groups -OCH3 is 1. The Balaban J connectivity index is 1.93. The molecule has 0 radical (unpaired) electrons. The number of thioether (sulfide) groups is 1. The number of esters is 1. The molecule has 1 aromatic rings. The molecule has 0 atom stereocenters. The van der Waals surface area contributed by atoms with E-state index in [9.17, 15) is 4.79 Å². The number of halogens is 1. The van der Waals surface area contributed by atoms with E-state index in [1.165, 1.54) is 18.9 Å². The smallest absolute Gasteiger partial charge is 0.306 e. The fourth-order valence-electron chi connectivity index (χ4n) is 1.62. The van der Waals surface area contributed by atoms with Crippen molar-refractivity contribution in [1.29, 1.82) is 0 Å². The van der Waals surface area contributed by atoms with Crippen LogP contribution in [0.1, 0.15) is 19.3 Å². The van der Waals surface area contributed by atoms with Crippen LogP contribution in [0, 0.1) is 5.41 Å². The lowest BCUT2D eigenvalue weighted by Gasteiger charge is -2.12. The van der Waals surface area contributed by atoms with Crippen LogP contribution >= 0.6 is 27.7 Å². The molecule has 0 aromatic carbocycles. The molecule has 0 spiro atoms. The van der Waals surface area contributed by atoms with E-state index in [0.29, 0.717) is 22.0 Å². The second-order valence-corrected chi connectivity index (χ2v) is 6.19. The normalized spacial score (nSPS) is 16.3. The van der Waals surface area contributed by atoms with Crippen LogP contribution in [-0.2, 0) is 9.53 Å². The summed E-state index contributed by atoms with van der Waals surface area (Å²) in [5.74, 6) is 1.11. The van der Waals surface area contributed by atoms with E-state index in [1.54, 1.807) is 6.07 Å². The number of carbonyl (C=O) groups excluding carboxylic acids is 1. The van der Waals surface area contributed by atoms with Gasteiger partial charge in [-0.2, -0.15) is 0 Å². The first-order chi connectivity index (χ1) is 8.53. The number of nitrogens with two attached hydrogens (primary N) is 1. The first kappa shape index (κ1) is 13.6. The Morgan fingerprint density at radius 3 is 2.89 bits per heavy atom. The van der Waals surface area contributed by atoms with Crippen molar-refractivity contribution in [2.75, 3.05) is 18.6 Å². The zero-order valence-corrected chi connectivity index (χ0v) is 12.4. The van der Waals surface area contributed by atoms with Crippen molar-refractivity contribution in [2.24, 2.45) is 5.41 Å². The molecule has 2 N–H and O–H groups in total. The summed E-state index contributed by atoms with van der Waals surface area (Å²) in [6.07, 6.45) is 2.58. The first-order valence-corrected chi connectivity index (χ1v) is 7.31. The average Bonchev–Trinajstić information content (AvgIpc) is 3.05. The third kappa shape index (κ3) is 3.58. The van der Waals surface area contributed by atoms with Crippen LogP contribution in [0.4, 0.5) is 5.82 Å². The topological polar surface area (TPSA) is 78.1 Å². The second kappa shape index (κ2) is 5.44. The lowest BCUT2D eigenvalue weighted by molar-refractivity contribution is -0.141. The van der Waals surface area contributed by atoms with Gasteiger partial charge >= 0.3 is 5.97 Å². The highest BCUT2D eigenvalue weighted by Gasteiger charge is 2.44. The van der Waals surface area contributed by atoms with Crippen molar-refractivity contribution in [3.05, 3.63) is 10.7 Å². The van der Waals surface area contributed by atoms with Gasteiger partial charge in [-0.3, -0.25) is 4.79 Å². The van der Waals surface area contributed by atoms with Crippen LogP contribution in [0.5, 0.6) is 0 Å². The summed E-state index contributed by atoms with van der Waals surface area (Å²) in [6, 6.07) is 1.66. The number of ether oxygens (including phenoxy) is 1. The maximum absolute atomic E-state index is 11.3. The Labute approximate surface area is 118 Å². The molecule has 1 fully saturated rings. The summed E-state index contributed by atoms with van der Waals surface area (Å²) in [7, 11) is 1.42. The van der Waals surface area contributed by atoms with Crippen LogP contribution in [0.2, 0.25) is 0 Å². The van der Waals surface area contributed by atoms with Crippen molar-refractivity contribution in [3.8, 4) is 0 Å². The number of rotatable bonds is 5. The summed E-state index contributed by atoms with van der Waals surface area (Å²) in [4.78, 5) is 19.7. The first-order valence-electron chi connectivity index (χ1n) is 5.53. The van der Waals surface area contributed by atoms with Crippen LogP contribution in [-0.4, -0.2) is 28.8 Å². The minimum absolute atomic E-state index is 0.0677. The summed E-state index contributed by atoms with van der Waals surface area (Å²) in [5, 5.41) is 0.637. The van der Waals surface area contributed by atoms with E-state index >= 15 is 0 Å². The fraction of sp³-hybridized carbons (Fsp3) is 0.545. The van der Waals surface area contributed by atoms with Gasteiger partial charge in [-0.25, -0.2) is 9.97 Å². The van der Waals surface area contributed by atoms with Crippen LogP contribution in [0.3, 0.4) is 0 Å². The van der Waals surface area contributed by atoms with Gasteiger partial charge in [-0.15, -0.1) is 0 Å². The number of hydrogen-bond donors (Lipinski definition) is 1. The molecule has 1 aliphatic carbocycles. The predicted octanol–water partition coefficient (Wildman–Crippen LogP) is 2.26. The zero-order chi connectivity index (χ0) is 13.2. The lowest BCUT2D eigenvalue weighted by Crippen LogP contribution is -2.13. The fourth-order valence-corrected chi connectivity index (χ4v) is 3.30. The molecule has 98 valence electrons. The number of nitrogens with zero attached hydrogens (tertiary/aromatic N) is 2. The Morgan fingerprint density at radius 1 is 1.61 bits per heavy atom. The van der Waals surface area contributed by atoms with E-state index in [0.717, 1.165) is 18.6 Å². The highest BCUT2D eigenvalue weighted by Crippen LogP contribution is 2.51. The summed E-state index contributed by atoms with van der Waals surface area (Å²) < 4.78 is 5.39. The van der Waals surface area contributed by atoms with E-state index < -0.39 is 0 Å². The maximum Gasteiger partial charge on any atom is 0.306 e. The number of carbonyl (C=O) groups is 1. The molecule has 0 saturated heterocycles. The predicted molar refractivity (Wildman–Crippen MR) is 73.2 cm³/mol. The van der Waals surface area contributed by atoms with Gasteiger partial charge in [0.2, 0.25) is 0 Å². The van der Waals surface area contributed by atoms with Crippen molar-refractivity contribution < 1.29 is 9.53 Å². The van der Waals surface area contributed by atoms with E-state index in [1.807, 2.05) is 0 Å². The monoisotopic (exact) mass is 331 g/mol. The van der Waals surface area contributed by atoms with Crippen molar-refractivity contribution in [2.45, 2.75) is 24.4 Å². The molecule has 2 rings (SSSR count). The van der Waals surface area contributed by atoms with Gasteiger partial charge in [0.05, 0.1) is 13.5 Å². The summed E-state index contributed by atoms with van der Waals surface area (Å²) >= 11 is 4.81. The summed E-state index contributed by atoms with van der Waals surface area (Å²) in [5.41, 5.74) is 5.72. The molecule has 0 amide bonds. The second-order valence-electron chi connectivity index (χ2n) is 4.44. The molecule has 0 unspecified atom stereocenters. The molecule has 0 aliphatic heterocycles. The molecule has 1 heterocycles. The number of anilines is 1. The number of nitrogen functional groups attached to an aromatic ring is 1. The van der Waals surface area contributed by atoms with Crippen molar-refractivity contribution in [1.82, 2.24) is 9.97 Å². The highest BCUT2D eigenvalue weighted by atomic mass is 79.9.